The van der Waals surface area contributed by atoms with Crippen LogP contribution in [0, 0.1) is 5.92 Å². The zero-order chi connectivity index (χ0) is 16.1. The lowest BCUT2D eigenvalue weighted by Gasteiger charge is -2.32. The highest BCUT2D eigenvalue weighted by atomic mass is 35.5. The summed E-state index contributed by atoms with van der Waals surface area (Å²) in [6.45, 7) is 7.10. The van der Waals surface area contributed by atoms with Crippen molar-refractivity contribution in [3.63, 3.8) is 0 Å². The molecule has 1 aliphatic heterocycles. The number of nitrogens with two attached hydrogens (primary N) is 1. The molecule has 2 heterocycles. The standard InChI is InChI=1S/C18H31N5.2ClH/c1-2-7-23-8-4-14(5-9-23)3-6-20-18-12-17(21-13-22-18)15-10-16(19)11-15;;/h12-16H,2-11,19H2,1H3,(H,20,21,22);2*1H. The van der Waals surface area contributed by atoms with Gasteiger partial charge in [0.2, 0.25) is 0 Å². The monoisotopic (exact) mass is 389 g/mol. The Bertz CT molecular complexity index is 488. The summed E-state index contributed by atoms with van der Waals surface area (Å²) in [5.41, 5.74) is 7.02. The average molecular weight is 390 g/mol. The van der Waals surface area contributed by atoms with Crippen LogP contribution >= 0.6 is 24.8 Å². The van der Waals surface area contributed by atoms with Gasteiger partial charge < -0.3 is 16.0 Å². The van der Waals surface area contributed by atoms with Crippen molar-refractivity contribution in [3.05, 3.63) is 18.1 Å². The van der Waals surface area contributed by atoms with Crippen molar-refractivity contribution in [2.75, 3.05) is 31.5 Å². The van der Waals surface area contributed by atoms with Crippen molar-refractivity contribution in [1.82, 2.24) is 14.9 Å². The molecule has 7 heteroatoms. The smallest absolute Gasteiger partial charge is 0.129 e. The maximum Gasteiger partial charge on any atom is 0.129 e. The van der Waals surface area contributed by atoms with Gasteiger partial charge in [-0.1, -0.05) is 6.92 Å². The normalized spacial score (nSPS) is 23.9. The first-order valence-corrected chi connectivity index (χ1v) is 9.28. The molecule has 25 heavy (non-hydrogen) atoms. The van der Waals surface area contributed by atoms with Crippen molar-refractivity contribution in [2.24, 2.45) is 11.7 Å². The predicted octanol–water partition coefficient (Wildman–Crippen LogP) is 3.45. The Kier molecular flexibility index (Phi) is 10.0. The highest BCUT2D eigenvalue weighted by Gasteiger charge is 2.28. The number of anilines is 1. The quantitative estimate of drug-likeness (QED) is 0.747. The number of halogens is 2. The third-order valence-corrected chi connectivity index (χ3v) is 5.39. The van der Waals surface area contributed by atoms with E-state index < -0.39 is 0 Å². The number of aromatic nitrogens is 2. The van der Waals surface area contributed by atoms with Crippen LogP contribution in [0.4, 0.5) is 5.82 Å². The molecule has 0 aromatic carbocycles. The minimum absolute atomic E-state index is 0. The number of hydrogen-bond acceptors (Lipinski definition) is 5. The van der Waals surface area contributed by atoms with Gasteiger partial charge in [0.25, 0.3) is 0 Å². The van der Waals surface area contributed by atoms with Crippen LogP contribution in [0.25, 0.3) is 0 Å². The first kappa shape index (κ1) is 22.4. The first-order valence-electron chi connectivity index (χ1n) is 9.28. The molecule has 1 aliphatic carbocycles. The Balaban J connectivity index is 0.00000156. The number of hydrogen-bond donors (Lipinski definition) is 2. The third-order valence-electron chi connectivity index (χ3n) is 5.39. The van der Waals surface area contributed by atoms with Crippen LogP contribution in [0.1, 0.15) is 57.1 Å². The second-order valence-corrected chi connectivity index (χ2v) is 7.26. The minimum atomic E-state index is 0. The average Bonchev–Trinajstić information content (AvgIpc) is 2.54. The van der Waals surface area contributed by atoms with E-state index in [4.69, 9.17) is 5.73 Å². The summed E-state index contributed by atoms with van der Waals surface area (Å²) in [6.07, 6.45) is 9.01. The molecule has 2 fully saturated rings. The van der Waals surface area contributed by atoms with Crippen LogP contribution in [-0.2, 0) is 0 Å². The van der Waals surface area contributed by atoms with Crippen LogP contribution in [0.5, 0.6) is 0 Å². The van der Waals surface area contributed by atoms with Crippen molar-refractivity contribution >= 4 is 30.6 Å². The molecule has 1 saturated heterocycles. The summed E-state index contributed by atoms with van der Waals surface area (Å²) >= 11 is 0. The zero-order valence-corrected chi connectivity index (χ0v) is 16.8. The van der Waals surface area contributed by atoms with Crippen LogP contribution in [0.15, 0.2) is 12.4 Å². The van der Waals surface area contributed by atoms with Gasteiger partial charge in [-0.15, -0.1) is 24.8 Å². The summed E-state index contributed by atoms with van der Waals surface area (Å²) in [4.78, 5) is 11.4. The molecule has 0 atom stereocenters. The van der Waals surface area contributed by atoms with Gasteiger partial charge >= 0.3 is 0 Å². The lowest BCUT2D eigenvalue weighted by molar-refractivity contribution is 0.181. The highest BCUT2D eigenvalue weighted by molar-refractivity contribution is 5.85. The fourth-order valence-corrected chi connectivity index (χ4v) is 3.81. The fourth-order valence-electron chi connectivity index (χ4n) is 3.81. The van der Waals surface area contributed by atoms with E-state index in [0.717, 1.165) is 36.8 Å². The Morgan fingerprint density at radius 3 is 2.56 bits per heavy atom. The minimum Gasteiger partial charge on any atom is -0.370 e. The third kappa shape index (κ3) is 6.55. The van der Waals surface area contributed by atoms with Crippen LogP contribution in [-0.4, -0.2) is 47.1 Å². The van der Waals surface area contributed by atoms with E-state index in [2.05, 4.69) is 33.2 Å². The first-order chi connectivity index (χ1) is 11.2. The van der Waals surface area contributed by atoms with Gasteiger partial charge in [-0.3, -0.25) is 0 Å². The van der Waals surface area contributed by atoms with Gasteiger partial charge in [-0.05, 0) is 64.1 Å². The van der Waals surface area contributed by atoms with Crippen molar-refractivity contribution in [3.8, 4) is 0 Å². The molecule has 3 rings (SSSR count). The Hall–Kier alpha value is -0.620. The van der Waals surface area contributed by atoms with Crippen molar-refractivity contribution < 1.29 is 0 Å². The SMILES string of the molecule is CCCN1CCC(CCNc2cc(C3CC(N)C3)ncn2)CC1.Cl.Cl. The predicted molar refractivity (Wildman–Crippen MR) is 109 cm³/mol. The number of rotatable bonds is 7. The Morgan fingerprint density at radius 2 is 1.92 bits per heavy atom. The number of nitrogens with zero attached hydrogens (tertiary/aromatic N) is 3. The summed E-state index contributed by atoms with van der Waals surface area (Å²) in [7, 11) is 0. The van der Waals surface area contributed by atoms with Gasteiger partial charge in [-0.25, -0.2) is 9.97 Å². The van der Waals surface area contributed by atoms with Gasteiger partial charge in [0.05, 0.1) is 0 Å². The Labute approximate surface area is 164 Å². The molecular formula is C18H33Cl2N5. The molecule has 1 aromatic heterocycles. The van der Waals surface area contributed by atoms with E-state index in [-0.39, 0.29) is 24.8 Å². The van der Waals surface area contributed by atoms with E-state index in [9.17, 15) is 0 Å². The summed E-state index contributed by atoms with van der Waals surface area (Å²) in [6, 6.07) is 2.48. The molecule has 0 spiro atoms. The molecule has 1 aromatic rings. The number of piperidine rings is 1. The molecule has 0 radical (unpaired) electrons. The van der Waals surface area contributed by atoms with Gasteiger partial charge in [0.1, 0.15) is 12.1 Å². The molecule has 144 valence electrons. The number of nitrogens with one attached hydrogen (secondary N) is 1. The van der Waals surface area contributed by atoms with E-state index in [1.807, 2.05) is 0 Å². The molecule has 5 nitrogen and oxygen atoms in total. The fraction of sp³-hybridized carbons (Fsp3) is 0.778. The summed E-state index contributed by atoms with van der Waals surface area (Å²) in [5, 5.41) is 3.49. The van der Waals surface area contributed by atoms with Crippen molar-refractivity contribution in [1.29, 1.82) is 0 Å². The molecule has 1 saturated carbocycles. The second-order valence-electron chi connectivity index (χ2n) is 7.26. The van der Waals surface area contributed by atoms with Gasteiger partial charge in [0, 0.05) is 30.3 Å². The van der Waals surface area contributed by atoms with E-state index in [1.54, 1.807) is 6.33 Å². The van der Waals surface area contributed by atoms with Gasteiger partial charge in [-0.2, -0.15) is 0 Å². The topological polar surface area (TPSA) is 67.1 Å². The van der Waals surface area contributed by atoms with E-state index in [1.165, 1.54) is 45.3 Å². The lowest BCUT2D eigenvalue weighted by atomic mass is 9.79. The molecule has 3 N–H and O–H groups in total. The zero-order valence-electron chi connectivity index (χ0n) is 15.2. The summed E-state index contributed by atoms with van der Waals surface area (Å²) < 4.78 is 0. The molecule has 2 aliphatic rings. The highest BCUT2D eigenvalue weighted by Crippen LogP contribution is 2.34. The van der Waals surface area contributed by atoms with E-state index >= 15 is 0 Å². The lowest BCUT2D eigenvalue weighted by Crippen LogP contribution is -2.35. The number of likely N-dealkylation sites (tertiary alicyclic amines) is 1. The van der Waals surface area contributed by atoms with E-state index in [0.29, 0.717) is 12.0 Å². The maximum atomic E-state index is 5.87. The van der Waals surface area contributed by atoms with Crippen LogP contribution < -0.4 is 11.1 Å². The van der Waals surface area contributed by atoms with Crippen LogP contribution in [0.2, 0.25) is 0 Å². The van der Waals surface area contributed by atoms with Gasteiger partial charge in [0.15, 0.2) is 0 Å². The molecular weight excluding hydrogens is 357 g/mol. The second kappa shape index (κ2) is 11.2. The summed E-state index contributed by atoms with van der Waals surface area (Å²) in [5.74, 6) is 2.37. The molecule has 0 unspecified atom stereocenters. The molecule has 0 amide bonds. The molecule has 0 bridgehead atoms. The van der Waals surface area contributed by atoms with Crippen LogP contribution in [0.3, 0.4) is 0 Å². The maximum absolute atomic E-state index is 5.87. The Morgan fingerprint density at radius 1 is 1.20 bits per heavy atom. The largest absolute Gasteiger partial charge is 0.370 e. The van der Waals surface area contributed by atoms with Crippen molar-refractivity contribution in [2.45, 2.75) is 57.4 Å².